The van der Waals surface area contributed by atoms with E-state index >= 15 is 0 Å². The van der Waals surface area contributed by atoms with Gasteiger partial charge in [0.05, 0.1) is 22.3 Å². The van der Waals surface area contributed by atoms with Crippen molar-refractivity contribution in [2.75, 3.05) is 0 Å². The van der Waals surface area contributed by atoms with Gasteiger partial charge in [-0.15, -0.1) is 11.3 Å². The van der Waals surface area contributed by atoms with Crippen molar-refractivity contribution >= 4 is 28.0 Å². The molecular weight excluding hydrogens is 332 g/mol. The lowest BCUT2D eigenvalue weighted by molar-refractivity contribution is -0.147. The van der Waals surface area contributed by atoms with Crippen LogP contribution < -0.4 is 0 Å². The zero-order valence-corrected chi connectivity index (χ0v) is 13.4. The summed E-state index contributed by atoms with van der Waals surface area (Å²) in [5.41, 5.74) is 3.50. The first-order chi connectivity index (χ1) is 11.5. The lowest BCUT2D eigenvalue weighted by Gasteiger charge is -2.33. The number of nitrogens with zero attached hydrogens (tertiary/aromatic N) is 3. The fourth-order valence-corrected chi connectivity index (χ4v) is 3.47. The predicted molar refractivity (Wildman–Crippen MR) is 87.0 cm³/mol. The van der Waals surface area contributed by atoms with Crippen LogP contribution >= 0.6 is 11.3 Å². The number of carbonyl (C=O) groups excluding carboxylic acids is 1. The molecule has 0 amide bonds. The van der Waals surface area contributed by atoms with Crippen LogP contribution in [-0.4, -0.2) is 26.7 Å². The average Bonchev–Trinajstić information content (AvgIpc) is 3.06. The maximum atomic E-state index is 12.9. The number of rotatable bonds is 4. The molecule has 0 atom stereocenters. The zero-order valence-electron chi connectivity index (χ0n) is 12.6. The number of aromatic nitrogens is 3. The van der Waals surface area contributed by atoms with E-state index in [1.54, 1.807) is 17.9 Å². The molecule has 0 saturated heterocycles. The van der Waals surface area contributed by atoms with E-state index in [0.29, 0.717) is 5.82 Å². The van der Waals surface area contributed by atoms with Crippen LogP contribution in [0.2, 0.25) is 0 Å². The summed E-state index contributed by atoms with van der Waals surface area (Å²) in [5.74, 6) is -3.08. The number of ketones is 1. The van der Waals surface area contributed by atoms with Crippen molar-refractivity contribution in [2.24, 2.45) is 5.92 Å². The van der Waals surface area contributed by atoms with Crippen LogP contribution in [0.15, 0.2) is 36.1 Å². The maximum Gasteiger partial charge on any atom is 0.249 e. The van der Waals surface area contributed by atoms with E-state index in [1.165, 1.54) is 11.3 Å². The Morgan fingerprint density at radius 1 is 1.29 bits per heavy atom. The van der Waals surface area contributed by atoms with Crippen LogP contribution in [0.3, 0.4) is 0 Å². The SMILES string of the molecule is O=C(Cc1ncc2ccc(-c3cncs3)cc2n1)C1CC(F)(F)C1. The summed E-state index contributed by atoms with van der Waals surface area (Å²) in [7, 11) is 0. The molecule has 0 radical (unpaired) electrons. The van der Waals surface area contributed by atoms with E-state index < -0.39 is 11.8 Å². The van der Waals surface area contributed by atoms with E-state index in [4.69, 9.17) is 0 Å². The minimum atomic E-state index is -2.69. The molecule has 1 aliphatic rings. The van der Waals surface area contributed by atoms with E-state index in [0.717, 1.165) is 21.3 Å². The van der Waals surface area contributed by atoms with E-state index in [2.05, 4.69) is 15.0 Å². The number of alkyl halides is 2. The molecular formula is C17H13F2N3OS. The number of hydrogen-bond acceptors (Lipinski definition) is 5. The minimum Gasteiger partial charge on any atom is -0.299 e. The molecule has 122 valence electrons. The van der Waals surface area contributed by atoms with Crippen LogP contribution in [0, 0.1) is 5.92 Å². The monoisotopic (exact) mass is 345 g/mol. The Bertz CT molecular complexity index is 903. The van der Waals surface area contributed by atoms with Gasteiger partial charge in [-0.3, -0.25) is 9.78 Å². The smallest absolute Gasteiger partial charge is 0.249 e. The van der Waals surface area contributed by atoms with E-state index in [9.17, 15) is 13.6 Å². The van der Waals surface area contributed by atoms with Crippen molar-refractivity contribution in [1.82, 2.24) is 15.0 Å². The van der Waals surface area contributed by atoms with Crippen molar-refractivity contribution in [3.63, 3.8) is 0 Å². The third-order valence-corrected chi connectivity index (χ3v) is 5.05. The van der Waals surface area contributed by atoms with Gasteiger partial charge in [0.25, 0.3) is 0 Å². The molecule has 0 unspecified atom stereocenters. The average molecular weight is 345 g/mol. The normalized spacial score (nSPS) is 16.9. The van der Waals surface area contributed by atoms with Crippen molar-refractivity contribution in [1.29, 1.82) is 0 Å². The third-order valence-electron chi connectivity index (χ3n) is 4.23. The Morgan fingerprint density at radius 2 is 2.12 bits per heavy atom. The molecule has 24 heavy (non-hydrogen) atoms. The van der Waals surface area contributed by atoms with Crippen molar-refractivity contribution < 1.29 is 13.6 Å². The predicted octanol–water partition coefficient (Wildman–Crippen LogP) is 3.91. The molecule has 0 bridgehead atoms. The highest BCUT2D eigenvalue weighted by molar-refractivity contribution is 7.13. The van der Waals surface area contributed by atoms with E-state index in [-0.39, 0.29) is 25.0 Å². The van der Waals surface area contributed by atoms with Gasteiger partial charge >= 0.3 is 0 Å². The van der Waals surface area contributed by atoms with Crippen molar-refractivity contribution in [3.05, 3.63) is 41.9 Å². The van der Waals surface area contributed by atoms with Crippen LogP contribution in [0.4, 0.5) is 8.78 Å². The van der Waals surface area contributed by atoms with E-state index in [1.807, 2.05) is 18.2 Å². The molecule has 2 heterocycles. The zero-order chi connectivity index (χ0) is 16.7. The number of benzene rings is 1. The Hall–Kier alpha value is -2.28. The van der Waals surface area contributed by atoms with Gasteiger partial charge in [-0.25, -0.2) is 18.7 Å². The Kier molecular flexibility index (Phi) is 3.60. The number of hydrogen-bond donors (Lipinski definition) is 0. The van der Waals surface area contributed by atoms with Gasteiger partial charge in [-0.1, -0.05) is 12.1 Å². The van der Waals surface area contributed by atoms with Gasteiger partial charge in [0.15, 0.2) is 0 Å². The quantitative estimate of drug-likeness (QED) is 0.719. The molecule has 0 spiro atoms. The number of carbonyl (C=O) groups is 1. The summed E-state index contributed by atoms with van der Waals surface area (Å²) in [6.07, 6.45) is 2.75. The third kappa shape index (κ3) is 2.91. The first-order valence-electron chi connectivity index (χ1n) is 7.55. The largest absolute Gasteiger partial charge is 0.299 e. The molecule has 1 aliphatic carbocycles. The second-order valence-corrected chi connectivity index (χ2v) is 6.92. The van der Waals surface area contributed by atoms with Crippen LogP contribution in [0.1, 0.15) is 18.7 Å². The summed E-state index contributed by atoms with van der Waals surface area (Å²) in [6.45, 7) is 0. The summed E-state index contributed by atoms with van der Waals surface area (Å²) < 4.78 is 25.8. The lowest BCUT2D eigenvalue weighted by Crippen LogP contribution is -2.40. The summed E-state index contributed by atoms with van der Waals surface area (Å²) in [4.78, 5) is 25.8. The van der Waals surface area contributed by atoms with Gasteiger partial charge < -0.3 is 0 Å². The van der Waals surface area contributed by atoms with Gasteiger partial charge in [0.2, 0.25) is 5.92 Å². The van der Waals surface area contributed by atoms with Crippen LogP contribution in [0.5, 0.6) is 0 Å². The van der Waals surface area contributed by atoms with Crippen LogP contribution in [-0.2, 0) is 11.2 Å². The number of halogens is 2. The lowest BCUT2D eigenvalue weighted by atomic mass is 9.77. The maximum absolute atomic E-state index is 12.9. The molecule has 0 N–H and O–H groups in total. The molecule has 0 aliphatic heterocycles. The molecule has 4 nitrogen and oxygen atoms in total. The molecule has 1 aromatic carbocycles. The number of fused-ring (bicyclic) bond motifs is 1. The molecule has 4 rings (SSSR count). The fourth-order valence-electron chi connectivity index (χ4n) is 2.85. The molecule has 1 fully saturated rings. The highest BCUT2D eigenvalue weighted by atomic mass is 32.1. The molecule has 1 saturated carbocycles. The molecule has 3 aromatic rings. The number of thiazole rings is 1. The minimum absolute atomic E-state index is 0.00146. The fraction of sp³-hybridized carbons (Fsp3) is 0.294. The molecule has 7 heteroatoms. The van der Waals surface area contributed by atoms with Gasteiger partial charge in [-0.05, 0) is 11.6 Å². The first kappa shape index (κ1) is 15.3. The van der Waals surface area contributed by atoms with Gasteiger partial charge in [-0.2, -0.15) is 0 Å². The standard InChI is InChI=1S/C17H13F2N3OS/c18-17(19)5-12(6-17)14(23)4-16-21-7-11-2-1-10(3-13(11)22-16)15-8-20-9-24-15/h1-3,7-9,12H,4-6H2. The Morgan fingerprint density at radius 3 is 2.83 bits per heavy atom. The Balaban J connectivity index is 1.57. The highest BCUT2D eigenvalue weighted by Gasteiger charge is 2.48. The van der Waals surface area contributed by atoms with Crippen molar-refractivity contribution in [2.45, 2.75) is 25.2 Å². The second kappa shape index (κ2) is 5.66. The van der Waals surface area contributed by atoms with Gasteiger partial charge in [0, 0.05) is 36.5 Å². The van der Waals surface area contributed by atoms with Gasteiger partial charge in [0.1, 0.15) is 11.6 Å². The summed E-state index contributed by atoms with van der Waals surface area (Å²) in [6, 6.07) is 5.82. The van der Waals surface area contributed by atoms with Crippen molar-refractivity contribution in [3.8, 4) is 10.4 Å². The number of Topliss-reactive ketones (excluding diaryl/α,β-unsaturated/α-hetero) is 1. The molecule has 2 aromatic heterocycles. The summed E-state index contributed by atoms with van der Waals surface area (Å²) in [5, 5.41) is 0.870. The second-order valence-electron chi connectivity index (χ2n) is 6.03. The Labute approximate surface area is 140 Å². The van der Waals surface area contributed by atoms with Crippen LogP contribution in [0.25, 0.3) is 21.3 Å². The highest BCUT2D eigenvalue weighted by Crippen LogP contribution is 2.43. The summed E-state index contributed by atoms with van der Waals surface area (Å²) >= 11 is 1.53. The topological polar surface area (TPSA) is 55.7 Å². The first-order valence-corrected chi connectivity index (χ1v) is 8.43.